The van der Waals surface area contributed by atoms with Crippen molar-refractivity contribution in [2.24, 2.45) is 5.92 Å². The van der Waals surface area contributed by atoms with E-state index in [2.05, 4.69) is 53.9 Å². The Morgan fingerprint density at radius 1 is 1.29 bits per heavy atom. The maximum absolute atomic E-state index is 3.56. The largest absolute Gasteiger partial charge is 0.385 e. The van der Waals surface area contributed by atoms with Gasteiger partial charge in [-0.1, -0.05) is 6.07 Å². The fourth-order valence-electron chi connectivity index (χ4n) is 2.24. The first kappa shape index (κ1) is 12.2. The summed E-state index contributed by atoms with van der Waals surface area (Å²) >= 11 is 0. The predicted molar refractivity (Wildman–Crippen MR) is 74.9 cm³/mol. The Balaban J connectivity index is 1.87. The van der Waals surface area contributed by atoms with E-state index in [1.54, 1.807) is 0 Å². The lowest BCUT2D eigenvalue weighted by atomic mass is 9.98. The molecule has 0 aliphatic carbocycles. The molecule has 94 valence electrons. The van der Waals surface area contributed by atoms with Crippen LogP contribution in [0.4, 0.5) is 11.4 Å². The molecule has 2 N–H and O–H groups in total. The summed E-state index contributed by atoms with van der Waals surface area (Å²) in [6, 6.07) is 8.60. The van der Waals surface area contributed by atoms with Crippen LogP contribution in [0.15, 0.2) is 24.3 Å². The second-order valence-corrected chi connectivity index (χ2v) is 5.02. The number of anilines is 2. The number of benzene rings is 1. The van der Waals surface area contributed by atoms with E-state index < -0.39 is 0 Å². The molecule has 0 radical (unpaired) electrons. The topological polar surface area (TPSA) is 27.3 Å². The minimum Gasteiger partial charge on any atom is -0.385 e. The highest BCUT2D eigenvalue weighted by molar-refractivity contribution is 5.57. The van der Waals surface area contributed by atoms with Gasteiger partial charge in [0.05, 0.1) is 0 Å². The van der Waals surface area contributed by atoms with E-state index in [0.717, 1.165) is 12.5 Å². The number of piperidine rings is 1. The van der Waals surface area contributed by atoms with Crippen LogP contribution < -0.4 is 15.5 Å². The molecule has 1 saturated heterocycles. The van der Waals surface area contributed by atoms with Crippen LogP contribution in [0.5, 0.6) is 0 Å². The second-order valence-electron chi connectivity index (χ2n) is 5.02. The molecule has 1 aliphatic heterocycles. The van der Waals surface area contributed by atoms with Crippen molar-refractivity contribution in [3.05, 3.63) is 24.3 Å². The van der Waals surface area contributed by atoms with E-state index >= 15 is 0 Å². The van der Waals surface area contributed by atoms with Crippen LogP contribution in [0, 0.1) is 5.92 Å². The Kier molecular flexibility index (Phi) is 4.26. The summed E-state index contributed by atoms with van der Waals surface area (Å²) in [5.74, 6) is 0.819. The van der Waals surface area contributed by atoms with Gasteiger partial charge in [-0.2, -0.15) is 0 Å². The molecule has 2 rings (SSSR count). The first-order chi connectivity index (χ1) is 8.25. The Morgan fingerprint density at radius 3 is 2.76 bits per heavy atom. The average molecular weight is 233 g/mol. The van der Waals surface area contributed by atoms with Crippen molar-refractivity contribution in [3.8, 4) is 0 Å². The van der Waals surface area contributed by atoms with E-state index in [4.69, 9.17) is 0 Å². The molecule has 1 heterocycles. The van der Waals surface area contributed by atoms with Crippen molar-refractivity contribution >= 4 is 11.4 Å². The molecular weight excluding hydrogens is 210 g/mol. The van der Waals surface area contributed by atoms with Crippen molar-refractivity contribution in [3.63, 3.8) is 0 Å². The standard InChI is InChI=1S/C14H23N3/c1-17(2)14-5-3-4-13(10-14)16-11-12-6-8-15-9-7-12/h3-5,10,12,15-16H,6-9,11H2,1-2H3. The van der Waals surface area contributed by atoms with Crippen molar-refractivity contribution in [2.45, 2.75) is 12.8 Å². The number of hydrogen-bond donors (Lipinski definition) is 2. The minimum absolute atomic E-state index is 0.819. The molecule has 0 amide bonds. The van der Waals surface area contributed by atoms with Crippen molar-refractivity contribution in [2.75, 3.05) is 43.9 Å². The summed E-state index contributed by atoms with van der Waals surface area (Å²) in [7, 11) is 4.15. The third-order valence-corrected chi connectivity index (χ3v) is 3.42. The summed E-state index contributed by atoms with van der Waals surface area (Å²) in [6.07, 6.45) is 2.58. The molecule has 17 heavy (non-hydrogen) atoms. The molecule has 3 nitrogen and oxygen atoms in total. The summed E-state index contributed by atoms with van der Waals surface area (Å²) in [5.41, 5.74) is 2.48. The van der Waals surface area contributed by atoms with E-state index in [9.17, 15) is 0 Å². The molecule has 0 unspecified atom stereocenters. The molecule has 0 bridgehead atoms. The number of hydrogen-bond acceptors (Lipinski definition) is 3. The van der Waals surface area contributed by atoms with Crippen LogP contribution in [0.2, 0.25) is 0 Å². The first-order valence-corrected chi connectivity index (χ1v) is 6.47. The zero-order valence-electron chi connectivity index (χ0n) is 10.9. The van der Waals surface area contributed by atoms with Gasteiger partial charge >= 0.3 is 0 Å². The third-order valence-electron chi connectivity index (χ3n) is 3.42. The normalized spacial score (nSPS) is 16.8. The van der Waals surface area contributed by atoms with Crippen LogP contribution in [0.3, 0.4) is 0 Å². The highest BCUT2D eigenvalue weighted by Crippen LogP contribution is 2.19. The van der Waals surface area contributed by atoms with Gasteiger partial charge in [-0.15, -0.1) is 0 Å². The van der Waals surface area contributed by atoms with Gasteiger partial charge < -0.3 is 15.5 Å². The fraction of sp³-hybridized carbons (Fsp3) is 0.571. The summed E-state index contributed by atoms with van der Waals surface area (Å²) < 4.78 is 0. The summed E-state index contributed by atoms with van der Waals surface area (Å²) in [4.78, 5) is 2.13. The van der Waals surface area contributed by atoms with Gasteiger partial charge in [-0.05, 0) is 50.0 Å². The molecule has 1 fully saturated rings. The number of rotatable bonds is 4. The minimum atomic E-state index is 0.819. The smallest absolute Gasteiger partial charge is 0.0381 e. The number of nitrogens with one attached hydrogen (secondary N) is 2. The van der Waals surface area contributed by atoms with Gasteiger partial charge in [0.2, 0.25) is 0 Å². The highest BCUT2D eigenvalue weighted by atomic mass is 15.1. The number of nitrogens with zero attached hydrogens (tertiary/aromatic N) is 1. The molecule has 1 aromatic carbocycles. The Bertz CT molecular complexity index is 343. The predicted octanol–water partition coefficient (Wildman–Crippen LogP) is 2.16. The summed E-state index contributed by atoms with van der Waals surface area (Å²) in [5, 5.41) is 6.96. The molecule has 3 heteroatoms. The maximum Gasteiger partial charge on any atom is 0.0381 e. The highest BCUT2D eigenvalue weighted by Gasteiger charge is 2.12. The summed E-state index contributed by atoms with van der Waals surface area (Å²) in [6.45, 7) is 3.44. The van der Waals surface area contributed by atoms with E-state index in [0.29, 0.717) is 0 Å². The molecule has 1 aliphatic rings. The SMILES string of the molecule is CN(C)c1cccc(NCC2CCNCC2)c1. The van der Waals surface area contributed by atoms with E-state index in [-0.39, 0.29) is 0 Å². The van der Waals surface area contributed by atoms with E-state index in [1.807, 2.05) is 0 Å². The van der Waals surface area contributed by atoms with Gasteiger partial charge in [-0.3, -0.25) is 0 Å². The lowest BCUT2D eigenvalue weighted by molar-refractivity contribution is 0.390. The molecule has 0 aromatic heterocycles. The Morgan fingerprint density at radius 2 is 2.06 bits per heavy atom. The van der Waals surface area contributed by atoms with Crippen molar-refractivity contribution < 1.29 is 0 Å². The van der Waals surface area contributed by atoms with E-state index in [1.165, 1.54) is 37.3 Å². The zero-order chi connectivity index (χ0) is 12.1. The molecule has 0 atom stereocenters. The van der Waals surface area contributed by atoms with Crippen LogP contribution in [-0.4, -0.2) is 33.7 Å². The zero-order valence-corrected chi connectivity index (χ0v) is 10.9. The molecule has 1 aromatic rings. The average Bonchev–Trinajstić information content (AvgIpc) is 2.38. The van der Waals surface area contributed by atoms with Crippen LogP contribution in [0.25, 0.3) is 0 Å². The van der Waals surface area contributed by atoms with Crippen LogP contribution >= 0.6 is 0 Å². The Hall–Kier alpha value is -1.22. The van der Waals surface area contributed by atoms with Crippen LogP contribution in [-0.2, 0) is 0 Å². The van der Waals surface area contributed by atoms with Gasteiger partial charge in [0, 0.05) is 32.0 Å². The van der Waals surface area contributed by atoms with Crippen LogP contribution in [0.1, 0.15) is 12.8 Å². The third kappa shape index (κ3) is 3.63. The first-order valence-electron chi connectivity index (χ1n) is 6.47. The van der Waals surface area contributed by atoms with Gasteiger partial charge in [0.25, 0.3) is 0 Å². The van der Waals surface area contributed by atoms with Crippen molar-refractivity contribution in [1.82, 2.24) is 5.32 Å². The molecular formula is C14H23N3. The van der Waals surface area contributed by atoms with Gasteiger partial charge in [0.15, 0.2) is 0 Å². The van der Waals surface area contributed by atoms with Gasteiger partial charge in [0.1, 0.15) is 0 Å². The van der Waals surface area contributed by atoms with Crippen molar-refractivity contribution in [1.29, 1.82) is 0 Å². The second kappa shape index (κ2) is 5.92. The van der Waals surface area contributed by atoms with Gasteiger partial charge in [-0.25, -0.2) is 0 Å². The maximum atomic E-state index is 3.56. The lowest BCUT2D eigenvalue weighted by Gasteiger charge is -2.23. The Labute approximate surface area is 104 Å². The monoisotopic (exact) mass is 233 g/mol. The molecule has 0 saturated carbocycles. The quantitative estimate of drug-likeness (QED) is 0.834. The lowest BCUT2D eigenvalue weighted by Crippen LogP contribution is -2.31. The fourth-order valence-corrected chi connectivity index (χ4v) is 2.24. The molecule has 0 spiro atoms.